The molecule has 0 aliphatic carbocycles. The average molecular weight is 343 g/mol. The van der Waals surface area contributed by atoms with Crippen LogP contribution in [0.15, 0.2) is 48.5 Å². The third-order valence-corrected chi connectivity index (χ3v) is 3.41. The fraction of sp³-hybridized carbons (Fsp3) is 0.263. The van der Waals surface area contributed by atoms with Gasteiger partial charge in [0.2, 0.25) is 0 Å². The molecule has 132 valence electrons. The van der Waals surface area contributed by atoms with Gasteiger partial charge in [-0.25, -0.2) is 4.79 Å². The molecule has 0 bridgehead atoms. The first-order valence-corrected chi connectivity index (χ1v) is 7.82. The molecule has 0 saturated carbocycles. The van der Waals surface area contributed by atoms with Gasteiger partial charge < -0.3 is 19.5 Å². The van der Waals surface area contributed by atoms with Gasteiger partial charge in [0, 0.05) is 5.69 Å². The normalized spacial score (nSPS) is 11.3. The minimum atomic E-state index is -0.935. The lowest BCUT2D eigenvalue weighted by Crippen LogP contribution is -2.31. The predicted octanol–water partition coefficient (Wildman–Crippen LogP) is 2.95. The van der Waals surface area contributed by atoms with E-state index in [2.05, 4.69) is 5.32 Å². The molecule has 0 radical (unpaired) electrons. The maximum Gasteiger partial charge on any atom is 0.344 e. The van der Waals surface area contributed by atoms with Gasteiger partial charge in [-0.05, 0) is 38.1 Å². The van der Waals surface area contributed by atoms with Crippen LogP contribution in [0.2, 0.25) is 0 Å². The minimum Gasteiger partial charge on any atom is -0.493 e. The number of ether oxygens (including phenoxy) is 3. The van der Waals surface area contributed by atoms with Gasteiger partial charge in [0.25, 0.3) is 5.91 Å². The average Bonchev–Trinajstić information content (AvgIpc) is 2.62. The number of carbonyl (C=O) groups excluding carboxylic acids is 2. The Balaban J connectivity index is 1.82. The van der Waals surface area contributed by atoms with Crippen LogP contribution in [0.1, 0.15) is 12.5 Å². The third kappa shape index (κ3) is 5.53. The summed E-state index contributed by atoms with van der Waals surface area (Å²) in [5.41, 5.74) is 1.73. The summed E-state index contributed by atoms with van der Waals surface area (Å²) in [4.78, 5) is 23.9. The van der Waals surface area contributed by atoms with Crippen LogP contribution in [-0.4, -0.2) is 31.7 Å². The Bertz CT molecular complexity index is 727. The number of methoxy groups -OCH3 is 1. The molecule has 2 rings (SSSR count). The minimum absolute atomic E-state index is 0.317. The molecular weight excluding hydrogens is 322 g/mol. The van der Waals surface area contributed by atoms with Crippen molar-refractivity contribution in [3.8, 4) is 11.5 Å². The Morgan fingerprint density at radius 2 is 1.68 bits per heavy atom. The quantitative estimate of drug-likeness (QED) is 0.783. The summed E-state index contributed by atoms with van der Waals surface area (Å²) < 4.78 is 15.6. The maximum atomic E-state index is 12.1. The predicted molar refractivity (Wildman–Crippen MR) is 93.9 cm³/mol. The van der Waals surface area contributed by atoms with Crippen LogP contribution >= 0.6 is 0 Å². The molecule has 0 spiro atoms. The van der Waals surface area contributed by atoms with E-state index in [-0.39, 0.29) is 6.61 Å². The van der Waals surface area contributed by atoms with E-state index < -0.39 is 18.0 Å². The Kier molecular flexibility index (Phi) is 6.39. The topological polar surface area (TPSA) is 73.9 Å². The van der Waals surface area contributed by atoms with E-state index in [1.807, 2.05) is 19.1 Å². The van der Waals surface area contributed by atoms with Gasteiger partial charge >= 0.3 is 5.97 Å². The molecule has 1 N–H and O–H groups in total. The maximum absolute atomic E-state index is 12.1. The zero-order chi connectivity index (χ0) is 18.2. The summed E-state index contributed by atoms with van der Waals surface area (Å²) in [6.45, 7) is 3.14. The van der Waals surface area contributed by atoms with E-state index in [4.69, 9.17) is 14.2 Å². The van der Waals surface area contributed by atoms with Crippen LogP contribution in [0.4, 0.5) is 5.69 Å². The van der Waals surface area contributed by atoms with Crippen molar-refractivity contribution < 1.29 is 23.8 Å². The number of nitrogens with one attached hydrogen (secondary N) is 1. The van der Waals surface area contributed by atoms with Gasteiger partial charge in [-0.15, -0.1) is 0 Å². The van der Waals surface area contributed by atoms with E-state index in [1.165, 1.54) is 14.0 Å². The van der Waals surface area contributed by atoms with Gasteiger partial charge in [-0.1, -0.05) is 29.8 Å². The summed E-state index contributed by atoms with van der Waals surface area (Å²) in [5.74, 6) is -0.105. The standard InChI is InChI=1S/C19H21NO5/c1-13-8-10-15(11-9-13)20-19(22)14(2)25-18(21)12-24-17-7-5-4-6-16(17)23-3/h4-11,14H,12H2,1-3H3,(H,20,22)/t14-/m1/s1. The number of anilines is 1. The monoisotopic (exact) mass is 343 g/mol. The van der Waals surface area contributed by atoms with E-state index in [0.717, 1.165) is 5.56 Å². The lowest BCUT2D eigenvalue weighted by atomic mass is 10.2. The Labute approximate surface area is 146 Å². The highest BCUT2D eigenvalue weighted by molar-refractivity contribution is 5.95. The van der Waals surface area contributed by atoms with Gasteiger partial charge in [0.1, 0.15) is 0 Å². The Morgan fingerprint density at radius 1 is 1.04 bits per heavy atom. The molecule has 25 heavy (non-hydrogen) atoms. The lowest BCUT2D eigenvalue weighted by Gasteiger charge is -2.14. The second kappa shape index (κ2) is 8.73. The van der Waals surface area contributed by atoms with Crippen molar-refractivity contribution >= 4 is 17.6 Å². The van der Waals surface area contributed by atoms with Crippen LogP contribution in [0.5, 0.6) is 11.5 Å². The zero-order valence-corrected chi connectivity index (χ0v) is 14.4. The molecule has 0 aromatic heterocycles. The fourth-order valence-corrected chi connectivity index (χ4v) is 2.04. The summed E-state index contributed by atoms with van der Waals surface area (Å²) in [5, 5.41) is 2.69. The molecule has 6 heteroatoms. The second-order valence-corrected chi connectivity index (χ2v) is 5.43. The molecular formula is C19H21NO5. The molecule has 1 amide bonds. The molecule has 1 atom stereocenters. The first kappa shape index (κ1) is 18.3. The van der Waals surface area contributed by atoms with Crippen LogP contribution < -0.4 is 14.8 Å². The third-order valence-electron chi connectivity index (χ3n) is 3.41. The first-order chi connectivity index (χ1) is 12.0. The number of hydrogen-bond donors (Lipinski definition) is 1. The molecule has 0 aliphatic heterocycles. The fourth-order valence-electron chi connectivity index (χ4n) is 2.04. The van der Waals surface area contributed by atoms with Crippen molar-refractivity contribution in [2.45, 2.75) is 20.0 Å². The number of para-hydroxylation sites is 2. The van der Waals surface area contributed by atoms with Crippen molar-refractivity contribution in [1.29, 1.82) is 0 Å². The van der Waals surface area contributed by atoms with Crippen LogP contribution in [0.25, 0.3) is 0 Å². The molecule has 0 unspecified atom stereocenters. The molecule has 2 aromatic carbocycles. The van der Waals surface area contributed by atoms with E-state index in [0.29, 0.717) is 17.2 Å². The highest BCUT2D eigenvalue weighted by Gasteiger charge is 2.18. The molecule has 0 aliphatic rings. The Hall–Kier alpha value is -3.02. The Morgan fingerprint density at radius 3 is 2.32 bits per heavy atom. The number of hydrogen-bond acceptors (Lipinski definition) is 5. The van der Waals surface area contributed by atoms with Crippen molar-refractivity contribution in [1.82, 2.24) is 0 Å². The first-order valence-electron chi connectivity index (χ1n) is 7.82. The molecule has 2 aromatic rings. The van der Waals surface area contributed by atoms with Crippen molar-refractivity contribution in [2.75, 3.05) is 19.0 Å². The zero-order valence-electron chi connectivity index (χ0n) is 14.4. The lowest BCUT2D eigenvalue weighted by molar-refractivity contribution is -0.155. The number of esters is 1. The number of carbonyl (C=O) groups is 2. The molecule has 0 heterocycles. The number of rotatable bonds is 7. The van der Waals surface area contributed by atoms with Gasteiger partial charge in [0.05, 0.1) is 7.11 Å². The number of aryl methyl sites for hydroxylation is 1. The summed E-state index contributed by atoms with van der Waals surface area (Å²) in [6, 6.07) is 14.3. The van der Waals surface area contributed by atoms with Crippen molar-refractivity contribution in [3.05, 3.63) is 54.1 Å². The smallest absolute Gasteiger partial charge is 0.344 e. The molecule has 0 saturated heterocycles. The van der Waals surface area contributed by atoms with Crippen molar-refractivity contribution in [3.63, 3.8) is 0 Å². The largest absolute Gasteiger partial charge is 0.493 e. The highest BCUT2D eigenvalue weighted by atomic mass is 16.6. The molecule has 6 nitrogen and oxygen atoms in total. The van der Waals surface area contributed by atoms with Gasteiger partial charge in [-0.2, -0.15) is 0 Å². The SMILES string of the molecule is COc1ccccc1OCC(=O)O[C@H](C)C(=O)Nc1ccc(C)cc1. The van der Waals surface area contributed by atoms with Crippen LogP contribution in [0, 0.1) is 6.92 Å². The summed E-state index contributed by atoms with van der Waals surface area (Å²) in [6.07, 6.45) is -0.935. The number of benzene rings is 2. The van der Waals surface area contributed by atoms with Gasteiger partial charge in [-0.3, -0.25) is 4.79 Å². The van der Waals surface area contributed by atoms with Crippen LogP contribution in [-0.2, 0) is 14.3 Å². The summed E-state index contributed by atoms with van der Waals surface area (Å²) >= 11 is 0. The number of amides is 1. The van der Waals surface area contributed by atoms with Crippen molar-refractivity contribution in [2.24, 2.45) is 0 Å². The summed E-state index contributed by atoms with van der Waals surface area (Å²) in [7, 11) is 1.51. The van der Waals surface area contributed by atoms with E-state index >= 15 is 0 Å². The second-order valence-electron chi connectivity index (χ2n) is 5.43. The van der Waals surface area contributed by atoms with Gasteiger partial charge in [0.15, 0.2) is 24.2 Å². The van der Waals surface area contributed by atoms with Crippen LogP contribution in [0.3, 0.4) is 0 Å². The van der Waals surface area contributed by atoms with E-state index in [9.17, 15) is 9.59 Å². The van der Waals surface area contributed by atoms with E-state index in [1.54, 1.807) is 36.4 Å². The molecule has 0 fully saturated rings. The highest BCUT2D eigenvalue weighted by Crippen LogP contribution is 2.25.